The fourth-order valence-electron chi connectivity index (χ4n) is 3.44. The van der Waals surface area contributed by atoms with Crippen LogP contribution in [0.25, 0.3) is 0 Å². The summed E-state index contributed by atoms with van der Waals surface area (Å²) >= 11 is 0. The maximum atomic E-state index is 12.8. The van der Waals surface area contributed by atoms with Crippen molar-refractivity contribution < 1.29 is 4.79 Å². The predicted molar refractivity (Wildman–Crippen MR) is 80.0 cm³/mol. The Morgan fingerprint density at radius 1 is 1.32 bits per heavy atom. The highest BCUT2D eigenvalue weighted by Gasteiger charge is 2.41. The Labute approximate surface area is 128 Å². The highest BCUT2D eigenvalue weighted by molar-refractivity contribution is 6.00. The number of Topliss-reactive ketones (excluding diaryl/α,β-unsaturated/α-hetero) is 1. The molecule has 1 aliphatic heterocycles. The maximum absolute atomic E-state index is 12.8. The van der Waals surface area contributed by atoms with Gasteiger partial charge in [0.2, 0.25) is 5.95 Å². The lowest BCUT2D eigenvalue weighted by Crippen LogP contribution is -2.36. The molecule has 4 rings (SSSR count). The van der Waals surface area contributed by atoms with E-state index in [-0.39, 0.29) is 17.2 Å². The summed E-state index contributed by atoms with van der Waals surface area (Å²) in [4.78, 5) is 17.1. The zero-order valence-corrected chi connectivity index (χ0v) is 12.9. The molecule has 0 saturated heterocycles. The SMILES string of the molecule is Cn1cc([C@@H]2C3=C(CC(C)(C)CC3=O)Nc3ncnn32)cn1. The summed E-state index contributed by atoms with van der Waals surface area (Å²) in [7, 11) is 1.87. The van der Waals surface area contributed by atoms with Gasteiger partial charge in [-0.25, -0.2) is 4.68 Å². The number of carbonyl (C=O) groups excluding carboxylic acids is 1. The Morgan fingerprint density at radius 2 is 2.14 bits per heavy atom. The van der Waals surface area contributed by atoms with Gasteiger partial charge in [-0.05, 0) is 11.8 Å². The van der Waals surface area contributed by atoms with Gasteiger partial charge in [-0.2, -0.15) is 15.2 Å². The zero-order valence-electron chi connectivity index (χ0n) is 12.9. The van der Waals surface area contributed by atoms with Crippen LogP contribution in [0.4, 0.5) is 5.95 Å². The standard InChI is InChI=1S/C15H18N6O/c1-15(2)4-10-12(11(22)5-15)13(9-6-17-20(3)7-9)21-14(19-10)16-8-18-21/h6-8,13H,4-5H2,1-3H3,(H,16,18,19)/t13-/m1/s1. The third kappa shape index (κ3) is 1.88. The van der Waals surface area contributed by atoms with Crippen molar-refractivity contribution >= 4 is 11.7 Å². The number of aromatic nitrogens is 5. The van der Waals surface area contributed by atoms with Gasteiger partial charge in [0, 0.05) is 36.5 Å². The largest absolute Gasteiger partial charge is 0.328 e. The first-order chi connectivity index (χ1) is 10.4. The van der Waals surface area contributed by atoms with Crippen LogP contribution in [0, 0.1) is 5.41 Å². The summed E-state index contributed by atoms with van der Waals surface area (Å²) in [6.07, 6.45) is 6.62. The van der Waals surface area contributed by atoms with Crippen LogP contribution in [0.5, 0.6) is 0 Å². The van der Waals surface area contributed by atoms with E-state index in [1.54, 1.807) is 15.6 Å². The van der Waals surface area contributed by atoms with Crippen molar-refractivity contribution in [3.8, 4) is 0 Å². The smallest absolute Gasteiger partial charge is 0.226 e. The topological polar surface area (TPSA) is 77.6 Å². The molecule has 0 aromatic carbocycles. The number of anilines is 1. The summed E-state index contributed by atoms with van der Waals surface area (Å²) in [5.41, 5.74) is 2.68. The van der Waals surface area contributed by atoms with Gasteiger partial charge in [0.15, 0.2) is 5.78 Å². The number of aryl methyl sites for hydroxylation is 1. The second-order valence-corrected chi connectivity index (χ2v) is 6.84. The second-order valence-electron chi connectivity index (χ2n) is 6.84. The van der Waals surface area contributed by atoms with Gasteiger partial charge < -0.3 is 5.32 Å². The lowest BCUT2D eigenvalue weighted by molar-refractivity contribution is -0.118. The van der Waals surface area contributed by atoms with Gasteiger partial charge in [0.05, 0.1) is 6.20 Å². The van der Waals surface area contributed by atoms with E-state index in [4.69, 9.17) is 0 Å². The van der Waals surface area contributed by atoms with Crippen LogP contribution < -0.4 is 5.32 Å². The number of carbonyl (C=O) groups is 1. The van der Waals surface area contributed by atoms with Crippen LogP contribution >= 0.6 is 0 Å². The molecule has 1 atom stereocenters. The van der Waals surface area contributed by atoms with Crippen molar-refractivity contribution in [1.29, 1.82) is 0 Å². The van der Waals surface area contributed by atoms with E-state index < -0.39 is 0 Å². The molecule has 2 aromatic heterocycles. The molecule has 7 nitrogen and oxygen atoms in total. The van der Waals surface area contributed by atoms with Crippen molar-refractivity contribution in [3.63, 3.8) is 0 Å². The molecule has 0 fully saturated rings. The van der Waals surface area contributed by atoms with E-state index in [1.165, 1.54) is 6.33 Å². The molecule has 2 aromatic rings. The molecule has 0 spiro atoms. The lowest BCUT2D eigenvalue weighted by atomic mass is 9.73. The first-order valence-electron chi connectivity index (χ1n) is 7.36. The van der Waals surface area contributed by atoms with Gasteiger partial charge in [-0.3, -0.25) is 9.48 Å². The molecular weight excluding hydrogens is 280 g/mol. The van der Waals surface area contributed by atoms with E-state index in [9.17, 15) is 4.79 Å². The van der Waals surface area contributed by atoms with Gasteiger partial charge in [-0.15, -0.1) is 0 Å². The predicted octanol–water partition coefficient (Wildman–Crippen LogP) is 1.67. The molecule has 3 heterocycles. The fraction of sp³-hybridized carbons (Fsp3) is 0.467. The van der Waals surface area contributed by atoms with E-state index in [0.717, 1.165) is 23.3 Å². The van der Waals surface area contributed by atoms with Crippen molar-refractivity contribution in [3.05, 3.63) is 35.6 Å². The monoisotopic (exact) mass is 298 g/mol. The molecule has 0 radical (unpaired) electrons. The van der Waals surface area contributed by atoms with Crippen LogP contribution in [0.2, 0.25) is 0 Å². The molecule has 0 saturated carbocycles. The van der Waals surface area contributed by atoms with Crippen molar-refractivity contribution in [2.24, 2.45) is 12.5 Å². The van der Waals surface area contributed by atoms with Crippen molar-refractivity contribution in [2.75, 3.05) is 5.32 Å². The first-order valence-corrected chi connectivity index (χ1v) is 7.36. The Hall–Kier alpha value is -2.44. The van der Waals surface area contributed by atoms with Crippen molar-refractivity contribution in [1.82, 2.24) is 24.5 Å². The summed E-state index contributed by atoms with van der Waals surface area (Å²) in [6, 6.07) is -0.244. The lowest BCUT2D eigenvalue weighted by Gasteiger charge is -2.37. The summed E-state index contributed by atoms with van der Waals surface area (Å²) in [6.45, 7) is 4.24. The maximum Gasteiger partial charge on any atom is 0.226 e. The minimum atomic E-state index is -0.244. The number of fused-ring (bicyclic) bond motifs is 1. The average Bonchev–Trinajstić information content (AvgIpc) is 3.03. The Morgan fingerprint density at radius 3 is 2.86 bits per heavy atom. The van der Waals surface area contributed by atoms with Gasteiger partial charge in [-0.1, -0.05) is 13.8 Å². The highest BCUT2D eigenvalue weighted by atomic mass is 16.1. The first kappa shape index (κ1) is 13.2. The average molecular weight is 298 g/mol. The fourth-order valence-corrected chi connectivity index (χ4v) is 3.44. The molecule has 1 aliphatic carbocycles. The molecule has 114 valence electrons. The molecule has 22 heavy (non-hydrogen) atoms. The van der Waals surface area contributed by atoms with Crippen LogP contribution in [-0.2, 0) is 11.8 Å². The summed E-state index contributed by atoms with van der Waals surface area (Å²) in [5.74, 6) is 0.854. The zero-order chi connectivity index (χ0) is 15.5. The summed E-state index contributed by atoms with van der Waals surface area (Å²) in [5, 5.41) is 11.8. The highest BCUT2D eigenvalue weighted by Crippen LogP contribution is 2.44. The minimum Gasteiger partial charge on any atom is -0.328 e. The number of hydrogen-bond acceptors (Lipinski definition) is 5. The van der Waals surface area contributed by atoms with Crippen LogP contribution in [0.1, 0.15) is 38.3 Å². The number of nitrogens with zero attached hydrogens (tertiary/aromatic N) is 5. The number of rotatable bonds is 1. The number of allylic oxidation sites excluding steroid dienone is 2. The molecule has 0 amide bonds. The minimum absolute atomic E-state index is 0.0371. The molecule has 7 heteroatoms. The number of hydrogen-bond donors (Lipinski definition) is 1. The van der Waals surface area contributed by atoms with Crippen molar-refractivity contribution in [2.45, 2.75) is 32.7 Å². The third-order valence-corrected chi connectivity index (χ3v) is 4.31. The van der Waals surface area contributed by atoms with E-state index in [0.29, 0.717) is 12.4 Å². The molecular formula is C15H18N6O. The molecule has 0 bridgehead atoms. The van der Waals surface area contributed by atoms with Gasteiger partial charge in [0.1, 0.15) is 12.4 Å². The van der Waals surface area contributed by atoms with Gasteiger partial charge in [0.25, 0.3) is 0 Å². The number of nitrogens with one attached hydrogen (secondary N) is 1. The van der Waals surface area contributed by atoms with E-state index in [1.807, 2.05) is 13.2 Å². The van der Waals surface area contributed by atoms with E-state index in [2.05, 4.69) is 34.3 Å². The van der Waals surface area contributed by atoms with E-state index >= 15 is 0 Å². The number of ketones is 1. The van der Waals surface area contributed by atoms with Crippen LogP contribution in [0.15, 0.2) is 30.0 Å². The second kappa shape index (κ2) is 4.28. The molecule has 1 N–H and O–H groups in total. The molecule has 0 unspecified atom stereocenters. The quantitative estimate of drug-likeness (QED) is 0.866. The Balaban J connectivity index is 1.90. The third-order valence-electron chi connectivity index (χ3n) is 4.31. The normalized spacial score (nSPS) is 23.0. The Bertz CT molecular complexity index is 797. The van der Waals surface area contributed by atoms with Gasteiger partial charge >= 0.3 is 0 Å². The summed E-state index contributed by atoms with van der Waals surface area (Å²) < 4.78 is 3.51. The van der Waals surface area contributed by atoms with Crippen LogP contribution in [-0.4, -0.2) is 30.3 Å². The Kier molecular flexibility index (Phi) is 2.58. The molecule has 2 aliphatic rings. The van der Waals surface area contributed by atoms with Crippen LogP contribution in [0.3, 0.4) is 0 Å².